The Balaban J connectivity index is 0.970. The van der Waals surface area contributed by atoms with E-state index < -0.39 is 0 Å². The molecule has 0 spiro atoms. The Bertz CT molecular complexity index is 1530. The van der Waals surface area contributed by atoms with E-state index in [1.165, 1.54) is 12.8 Å². The Morgan fingerprint density at radius 3 is 2.46 bits per heavy atom. The molecule has 8 rings (SSSR count). The standard InChI is InChI=1S/C33H35N5O3/c39-33(35-32(21-4-5-21)30-3-1-2-14-34-30)22-8-13-29-28(15-22)31(37-36-29)20-6-11-26(12-7-20)41-27-16-23-9-10-24(17-27)38(23)25-18-40-19-25/h1-3,6-8,11-15,21,23-25,27,32H,4-5,9-10,16-19H2,(H,35,39)(H,36,37)/t23-,24+,27?,32-/m0/s1. The number of benzene rings is 2. The molecule has 1 aliphatic carbocycles. The van der Waals surface area contributed by atoms with Crippen molar-refractivity contribution in [2.45, 2.75) is 68.8 Å². The van der Waals surface area contributed by atoms with Crippen LogP contribution >= 0.6 is 0 Å². The van der Waals surface area contributed by atoms with Crippen molar-refractivity contribution >= 4 is 16.8 Å². The number of aromatic amines is 1. The van der Waals surface area contributed by atoms with Crippen LogP contribution in [0.4, 0.5) is 0 Å². The molecule has 8 nitrogen and oxygen atoms in total. The normalized spacial score (nSPS) is 25.1. The van der Waals surface area contributed by atoms with Crippen molar-refractivity contribution in [3.05, 3.63) is 78.1 Å². The highest BCUT2D eigenvalue weighted by Crippen LogP contribution is 2.41. The average Bonchev–Trinajstić information content (AvgIpc) is 3.68. The minimum Gasteiger partial charge on any atom is -0.490 e. The highest BCUT2D eigenvalue weighted by molar-refractivity contribution is 6.01. The zero-order valence-corrected chi connectivity index (χ0v) is 23.0. The van der Waals surface area contributed by atoms with Gasteiger partial charge in [0.05, 0.1) is 42.2 Å². The number of rotatable bonds is 8. The molecule has 8 heteroatoms. The van der Waals surface area contributed by atoms with Gasteiger partial charge in [0.15, 0.2) is 0 Å². The maximum atomic E-state index is 13.3. The van der Waals surface area contributed by atoms with E-state index in [1.54, 1.807) is 6.20 Å². The molecule has 0 radical (unpaired) electrons. The second kappa shape index (κ2) is 10.3. The summed E-state index contributed by atoms with van der Waals surface area (Å²) in [6.07, 6.45) is 9.00. The van der Waals surface area contributed by atoms with Gasteiger partial charge in [-0.25, -0.2) is 0 Å². The van der Waals surface area contributed by atoms with Crippen LogP contribution < -0.4 is 10.1 Å². The van der Waals surface area contributed by atoms with Gasteiger partial charge in [0.2, 0.25) is 0 Å². The molecule has 2 N–H and O–H groups in total. The molecule has 210 valence electrons. The second-order valence-electron chi connectivity index (χ2n) is 12.1. The van der Waals surface area contributed by atoms with E-state index in [1.807, 2.05) is 48.5 Å². The lowest BCUT2D eigenvalue weighted by molar-refractivity contribution is -0.102. The number of nitrogens with one attached hydrogen (secondary N) is 2. The molecular weight excluding hydrogens is 514 g/mol. The van der Waals surface area contributed by atoms with Crippen LogP contribution in [0.1, 0.15) is 60.6 Å². The van der Waals surface area contributed by atoms with E-state index in [-0.39, 0.29) is 18.1 Å². The molecule has 4 fully saturated rings. The Labute approximate surface area is 239 Å². The number of carbonyl (C=O) groups excluding carboxylic acids is 1. The van der Waals surface area contributed by atoms with Crippen molar-refractivity contribution in [2.24, 2.45) is 5.92 Å². The van der Waals surface area contributed by atoms with Crippen LogP contribution in [0.3, 0.4) is 0 Å². The largest absolute Gasteiger partial charge is 0.490 e. The fraction of sp³-hybridized carbons (Fsp3) is 0.424. The van der Waals surface area contributed by atoms with E-state index in [0.717, 1.165) is 72.5 Å². The molecule has 2 bridgehead atoms. The van der Waals surface area contributed by atoms with Crippen LogP contribution in [0.15, 0.2) is 66.9 Å². The number of piperidine rings is 1. The van der Waals surface area contributed by atoms with E-state index in [4.69, 9.17) is 9.47 Å². The average molecular weight is 550 g/mol. The highest BCUT2D eigenvalue weighted by atomic mass is 16.5. The number of pyridine rings is 1. The SMILES string of the molecule is O=C(N[C@H](c1ccccn1)C1CC1)c1ccc2[nH]nc(-c3ccc(OC4C[C@H]5CC[C@@H](C4)N5C4COC4)cc3)c2c1. The van der Waals surface area contributed by atoms with Crippen LogP contribution in [0.25, 0.3) is 22.2 Å². The van der Waals surface area contributed by atoms with E-state index in [9.17, 15) is 4.79 Å². The summed E-state index contributed by atoms with van der Waals surface area (Å²) in [5.41, 5.74) is 4.27. The summed E-state index contributed by atoms with van der Waals surface area (Å²) in [5, 5.41) is 11.9. The lowest BCUT2D eigenvalue weighted by atomic mass is 9.96. The van der Waals surface area contributed by atoms with E-state index in [2.05, 4.69) is 37.5 Å². The molecule has 4 aliphatic rings. The summed E-state index contributed by atoms with van der Waals surface area (Å²) in [6.45, 7) is 1.78. The first-order valence-corrected chi connectivity index (χ1v) is 15.0. The third-order valence-corrected chi connectivity index (χ3v) is 9.43. The van der Waals surface area contributed by atoms with Gasteiger partial charge < -0.3 is 14.8 Å². The molecular formula is C33H35N5O3. The van der Waals surface area contributed by atoms with Crippen LogP contribution in [0.5, 0.6) is 5.75 Å². The number of carbonyl (C=O) groups is 1. The Morgan fingerprint density at radius 2 is 1.78 bits per heavy atom. The quantitative estimate of drug-likeness (QED) is 0.311. The molecule has 4 atom stereocenters. The monoisotopic (exact) mass is 549 g/mol. The Morgan fingerprint density at radius 1 is 0.976 bits per heavy atom. The number of amides is 1. The molecule has 41 heavy (non-hydrogen) atoms. The zero-order valence-electron chi connectivity index (χ0n) is 23.0. The topological polar surface area (TPSA) is 92.4 Å². The van der Waals surface area contributed by atoms with Gasteiger partial charge in [0.25, 0.3) is 5.91 Å². The first-order chi connectivity index (χ1) is 20.2. The third-order valence-electron chi connectivity index (χ3n) is 9.43. The summed E-state index contributed by atoms with van der Waals surface area (Å²) < 4.78 is 11.9. The van der Waals surface area contributed by atoms with Crippen molar-refractivity contribution in [3.8, 4) is 17.0 Å². The summed E-state index contributed by atoms with van der Waals surface area (Å²) in [5.74, 6) is 1.26. The first-order valence-electron chi connectivity index (χ1n) is 15.0. The summed E-state index contributed by atoms with van der Waals surface area (Å²) in [6, 6.07) is 21.6. The lowest BCUT2D eigenvalue weighted by Crippen LogP contribution is -2.57. The van der Waals surface area contributed by atoms with Gasteiger partial charge in [0.1, 0.15) is 11.9 Å². The van der Waals surface area contributed by atoms with Crippen LogP contribution in [0, 0.1) is 5.92 Å². The van der Waals surface area contributed by atoms with Crippen molar-refractivity contribution in [2.75, 3.05) is 13.2 Å². The number of hydrogen-bond acceptors (Lipinski definition) is 6. The molecule has 4 aromatic rings. The van der Waals surface area contributed by atoms with Gasteiger partial charge in [-0.3, -0.25) is 19.8 Å². The fourth-order valence-corrected chi connectivity index (χ4v) is 7.16. The number of aromatic nitrogens is 3. The van der Waals surface area contributed by atoms with Gasteiger partial charge in [-0.15, -0.1) is 0 Å². The first kappa shape index (κ1) is 25.0. The van der Waals surface area contributed by atoms with Gasteiger partial charge in [-0.05, 0) is 99.0 Å². The molecule has 1 unspecified atom stereocenters. The smallest absolute Gasteiger partial charge is 0.251 e. The molecule has 1 saturated carbocycles. The van der Waals surface area contributed by atoms with Crippen LogP contribution in [0.2, 0.25) is 0 Å². The number of hydrogen-bond donors (Lipinski definition) is 2. The van der Waals surface area contributed by atoms with Crippen LogP contribution in [-0.2, 0) is 4.74 Å². The molecule has 1 amide bonds. The maximum absolute atomic E-state index is 13.3. The minimum absolute atomic E-state index is 0.0644. The lowest BCUT2D eigenvalue weighted by Gasteiger charge is -2.46. The molecule has 3 saturated heterocycles. The van der Waals surface area contributed by atoms with Gasteiger partial charge >= 0.3 is 0 Å². The summed E-state index contributed by atoms with van der Waals surface area (Å²) in [4.78, 5) is 20.6. The van der Waals surface area contributed by atoms with E-state index >= 15 is 0 Å². The zero-order chi connectivity index (χ0) is 27.3. The summed E-state index contributed by atoms with van der Waals surface area (Å²) >= 11 is 0. The fourth-order valence-electron chi connectivity index (χ4n) is 7.16. The summed E-state index contributed by atoms with van der Waals surface area (Å²) in [7, 11) is 0. The molecule has 3 aliphatic heterocycles. The minimum atomic E-state index is -0.0878. The maximum Gasteiger partial charge on any atom is 0.251 e. The third kappa shape index (κ3) is 4.79. The second-order valence-corrected chi connectivity index (χ2v) is 12.1. The van der Waals surface area contributed by atoms with Crippen LogP contribution in [-0.4, -0.2) is 63.4 Å². The van der Waals surface area contributed by atoms with Gasteiger partial charge in [0, 0.05) is 34.8 Å². The molecule has 2 aromatic heterocycles. The highest BCUT2D eigenvalue weighted by Gasteiger charge is 2.46. The Hall–Kier alpha value is -3.75. The molecule has 5 heterocycles. The number of ether oxygens (including phenoxy) is 2. The van der Waals surface area contributed by atoms with Gasteiger partial charge in [-0.1, -0.05) is 6.07 Å². The van der Waals surface area contributed by atoms with Crippen molar-refractivity contribution < 1.29 is 14.3 Å². The van der Waals surface area contributed by atoms with Crippen molar-refractivity contribution in [1.29, 1.82) is 0 Å². The Kier molecular flexibility index (Phi) is 6.26. The number of nitrogens with zero attached hydrogens (tertiary/aromatic N) is 3. The van der Waals surface area contributed by atoms with E-state index in [0.29, 0.717) is 29.6 Å². The predicted octanol–water partition coefficient (Wildman–Crippen LogP) is 5.28. The van der Waals surface area contributed by atoms with Gasteiger partial charge in [-0.2, -0.15) is 5.10 Å². The van der Waals surface area contributed by atoms with Crippen molar-refractivity contribution in [1.82, 2.24) is 25.4 Å². The number of fused-ring (bicyclic) bond motifs is 3. The van der Waals surface area contributed by atoms with Crippen molar-refractivity contribution in [3.63, 3.8) is 0 Å². The molecule has 2 aromatic carbocycles. The number of H-pyrrole nitrogens is 1. The predicted molar refractivity (Wildman–Crippen MR) is 156 cm³/mol.